The molecule has 504 valence electrons. The highest BCUT2D eigenvalue weighted by molar-refractivity contribution is 6.35. The van der Waals surface area contributed by atoms with Gasteiger partial charge in [-0.25, -0.2) is 0 Å². The van der Waals surface area contributed by atoms with Crippen LogP contribution in [0.3, 0.4) is 0 Å². The van der Waals surface area contributed by atoms with E-state index in [9.17, 15) is 0 Å². The lowest BCUT2D eigenvalue weighted by atomic mass is 10.1. The summed E-state index contributed by atoms with van der Waals surface area (Å²) in [6.45, 7) is 12.8. The van der Waals surface area contributed by atoms with Crippen molar-refractivity contribution in [2.75, 3.05) is 0 Å². The fourth-order valence-electron chi connectivity index (χ4n) is 12.8. The van der Waals surface area contributed by atoms with Crippen molar-refractivity contribution in [3.63, 3.8) is 0 Å². The molecule has 100 heavy (non-hydrogen) atoms. The fraction of sp³-hybridized carbons (Fsp3) is 0.0714. The van der Waals surface area contributed by atoms with Crippen molar-refractivity contribution in [1.82, 2.24) is 0 Å². The Morgan fingerprint density at radius 3 is 0.990 bits per heavy atom. The zero-order chi connectivity index (χ0) is 65.0. The van der Waals surface area contributed by atoms with Crippen LogP contribution in [0.15, 0.2) is 304 Å². The van der Waals surface area contributed by atoms with Gasteiger partial charge < -0.3 is 79.0 Å². The zero-order valence-corrected chi connectivity index (χ0v) is 63.7. The number of hydrogen-bond donors (Lipinski definition) is 0. The molecule has 16 heteroatoms. The van der Waals surface area contributed by atoms with Crippen LogP contribution in [0.2, 0.25) is 20.1 Å². The maximum absolute atomic E-state index is 6.29. The molecule has 0 amide bonds. The van der Waals surface area contributed by atoms with Crippen LogP contribution in [0.4, 0.5) is 0 Å². The number of halogens is 10. The van der Waals surface area contributed by atoms with E-state index in [2.05, 4.69) is 275 Å². The summed E-state index contributed by atoms with van der Waals surface area (Å²) in [5.41, 5.74) is 22.0. The summed E-state index contributed by atoms with van der Waals surface area (Å²) in [6.07, 6.45) is 12.5. The quantitative estimate of drug-likeness (QED) is 0.164. The number of aryl methyl sites for hydroxylation is 6. The van der Waals surface area contributed by atoms with Crippen molar-refractivity contribution in [3.05, 3.63) is 358 Å². The summed E-state index contributed by atoms with van der Waals surface area (Å²) in [4.78, 5) is 0. The van der Waals surface area contributed by atoms with E-state index >= 15 is 0 Å². The summed E-state index contributed by atoms with van der Waals surface area (Å²) in [6, 6.07) is 91.5. The van der Waals surface area contributed by atoms with Crippen LogP contribution in [0.1, 0.15) is 33.4 Å². The first kappa shape index (κ1) is 79.1. The van der Waals surface area contributed by atoms with Gasteiger partial charge in [-0.05, 0) is 166 Å². The van der Waals surface area contributed by atoms with E-state index < -0.39 is 0 Å². The summed E-state index contributed by atoms with van der Waals surface area (Å²) >= 11 is 24.6. The Morgan fingerprint density at radius 2 is 0.520 bits per heavy atom. The summed E-state index contributed by atoms with van der Waals surface area (Å²) in [7, 11) is 0. The Bertz CT molecular complexity index is 5770. The minimum absolute atomic E-state index is 0. The van der Waals surface area contributed by atoms with Crippen LogP contribution >= 0.6 is 46.4 Å². The molecule has 18 rings (SSSR count). The van der Waals surface area contributed by atoms with Crippen LogP contribution in [0.25, 0.3) is 98.5 Å². The van der Waals surface area contributed by atoms with Gasteiger partial charge in [-0.2, -0.15) is 26.4 Å². The number of pyridine rings is 12. The highest BCUT2D eigenvalue weighted by Gasteiger charge is 2.18. The standard InChI is InChI=1S/4C14H11ClN.2C14H12N.BrH.5ClH/c1-10-9-11-5-2-3-8-16(11)13-7-4-6-12(15)14(10)13;1-10-9-11-5-2-3-8-16(11)14-12(10)6-4-7-13(14)15;1-10-8-12-4-2-3-7-16(12)14-6-5-11(15)9-13(10)14;1-10-8-12-4-2-3-7-16(12)14-9-11(15)5-6-13(10)14;2*1-11-10-12-6-4-5-9-15(12)14-8-3-2-7-13(11)14;;;;;;/h4*2-9H,1H3;2*2-10H,1H3;6*1H/q6*+1;;;;;;/p-6. The molecule has 6 nitrogen and oxygen atoms in total. The van der Waals surface area contributed by atoms with Crippen LogP contribution in [0.5, 0.6) is 0 Å². The molecule has 18 aromatic rings. The zero-order valence-electron chi connectivity index (χ0n) is 55.3. The third kappa shape index (κ3) is 16.7. The van der Waals surface area contributed by atoms with Gasteiger partial charge in [0.15, 0.2) is 37.2 Å². The Balaban J connectivity index is 0.000000167. The summed E-state index contributed by atoms with van der Waals surface area (Å²) < 4.78 is 13.1. The number of para-hydroxylation sites is 3. The number of nitrogens with zero attached hydrogens (tertiary/aromatic N) is 6. The second-order valence-electron chi connectivity index (χ2n) is 23.6. The van der Waals surface area contributed by atoms with Gasteiger partial charge in [-0.3, -0.25) is 0 Å². The molecule has 0 aliphatic heterocycles. The van der Waals surface area contributed by atoms with E-state index in [4.69, 9.17) is 46.4 Å². The highest BCUT2D eigenvalue weighted by Crippen LogP contribution is 2.28. The molecule has 0 unspecified atom stereocenters. The predicted octanol–water partition coefficient (Wildman–Crippen LogP) is 1.96. The molecule has 6 aromatic carbocycles. The van der Waals surface area contributed by atoms with Gasteiger partial charge >= 0.3 is 0 Å². The number of fused-ring (bicyclic) bond motifs is 18. The van der Waals surface area contributed by atoms with Crippen molar-refractivity contribution < 1.29 is 105 Å². The second kappa shape index (κ2) is 35.4. The first-order chi connectivity index (χ1) is 45.8. The largest absolute Gasteiger partial charge is 1.00 e. The Morgan fingerprint density at radius 1 is 0.220 bits per heavy atom. The van der Waals surface area contributed by atoms with Gasteiger partial charge in [0, 0.05) is 166 Å². The van der Waals surface area contributed by atoms with Crippen LogP contribution < -0.4 is 105 Å². The minimum atomic E-state index is 0. The number of rotatable bonds is 0. The van der Waals surface area contributed by atoms with E-state index in [1.165, 1.54) is 110 Å². The van der Waals surface area contributed by atoms with E-state index in [0.717, 1.165) is 42.0 Å². The summed E-state index contributed by atoms with van der Waals surface area (Å²) in [5, 5.41) is 10.6. The van der Waals surface area contributed by atoms with Gasteiger partial charge in [0.05, 0.1) is 21.2 Å². The lowest BCUT2D eigenvalue weighted by Gasteiger charge is -2.02. The molecular formula is C84H68BrCl9N6. The van der Waals surface area contributed by atoms with Crippen LogP contribution in [-0.4, -0.2) is 0 Å². The molecule has 0 spiro atoms. The maximum atomic E-state index is 6.29. The van der Waals surface area contributed by atoms with Gasteiger partial charge in [0.1, 0.15) is 5.02 Å². The first-order valence-electron chi connectivity index (χ1n) is 31.3. The Hall–Kier alpha value is -8.25. The second-order valence-corrected chi connectivity index (χ2v) is 25.3. The number of benzene rings is 6. The van der Waals surface area contributed by atoms with E-state index in [-0.39, 0.29) is 79.0 Å². The predicted molar refractivity (Wildman–Crippen MR) is 391 cm³/mol. The Kier molecular flexibility index (Phi) is 28.0. The van der Waals surface area contributed by atoms with E-state index in [1.54, 1.807) is 0 Å². The number of hydrogen-bond acceptors (Lipinski definition) is 0. The van der Waals surface area contributed by atoms with Crippen molar-refractivity contribution in [2.45, 2.75) is 41.5 Å². The van der Waals surface area contributed by atoms with E-state index in [0.29, 0.717) is 0 Å². The summed E-state index contributed by atoms with van der Waals surface area (Å²) in [5.74, 6) is 0. The van der Waals surface area contributed by atoms with Crippen molar-refractivity contribution >= 4 is 145 Å². The normalized spacial score (nSPS) is 10.4. The molecule has 0 fully saturated rings. The van der Waals surface area contributed by atoms with Gasteiger partial charge in [0.2, 0.25) is 66.2 Å². The third-order valence-corrected chi connectivity index (χ3v) is 18.4. The van der Waals surface area contributed by atoms with E-state index in [1.807, 2.05) is 97.2 Å². The molecule has 0 N–H and O–H groups in total. The average molecular weight is 1560 g/mol. The maximum Gasteiger partial charge on any atom is 0.237 e. The molecule has 0 aliphatic rings. The molecule has 0 bridgehead atoms. The fourth-order valence-corrected chi connectivity index (χ4v) is 13.7. The van der Waals surface area contributed by atoms with Gasteiger partial charge in [-0.1, -0.05) is 82.8 Å². The molecule has 0 saturated carbocycles. The lowest BCUT2D eigenvalue weighted by molar-refractivity contribution is -0.482. The third-order valence-electron chi connectivity index (χ3n) is 17.3. The smallest absolute Gasteiger partial charge is 0.237 e. The topological polar surface area (TPSA) is 24.6 Å². The molecular weight excluding hydrogens is 1490 g/mol. The van der Waals surface area contributed by atoms with Gasteiger partial charge in [-0.15, -0.1) is 0 Å². The van der Waals surface area contributed by atoms with Gasteiger partial charge in [0.25, 0.3) is 0 Å². The van der Waals surface area contributed by atoms with Crippen LogP contribution in [-0.2, 0) is 0 Å². The van der Waals surface area contributed by atoms with Crippen molar-refractivity contribution in [1.29, 1.82) is 0 Å². The average Bonchev–Trinajstić information content (AvgIpc) is 0.907. The van der Waals surface area contributed by atoms with Crippen molar-refractivity contribution in [2.24, 2.45) is 0 Å². The number of aromatic nitrogens is 6. The molecule has 0 radical (unpaired) electrons. The van der Waals surface area contributed by atoms with Crippen molar-refractivity contribution in [3.8, 4) is 0 Å². The first-order valence-corrected chi connectivity index (χ1v) is 32.8. The molecule has 12 heterocycles. The SMILES string of the molecule is Cc1cc2cccc[n+]2c2c(Cl)cccc12.Cc1cc2cccc[n+]2c2cc(Cl)ccc12.Cc1cc2cccc[n+]2c2ccc(Cl)cc12.Cc1cc2cccc[n+]2c2cccc(Cl)c12.Cc1cc2cccc[n+]2c2ccccc12.Cc1cc2cccc[n+]2c2ccccc12.[Br-].[Cl-].[Cl-].[Cl-].[Cl-].[Cl-]. The Labute approximate surface area is 643 Å². The monoisotopic (exact) mass is 1550 g/mol. The highest BCUT2D eigenvalue weighted by atomic mass is 79.9. The minimum Gasteiger partial charge on any atom is -1.00 e. The lowest BCUT2D eigenvalue weighted by Crippen LogP contribution is -3.00. The molecule has 12 aromatic heterocycles. The molecule has 0 aliphatic carbocycles. The van der Waals surface area contributed by atoms with Crippen LogP contribution in [0, 0.1) is 41.5 Å². The molecule has 0 atom stereocenters. The molecule has 0 saturated heterocycles.